The fraction of sp³-hybridized carbons (Fsp3) is 0.222. The highest BCUT2D eigenvalue weighted by atomic mass is 35.5. The Labute approximate surface area is 153 Å². The topological polar surface area (TPSA) is 64.4 Å². The van der Waals surface area contributed by atoms with Crippen LogP contribution in [0.15, 0.2) is 52.1 Å². The van der Waals surface area contributed by atoms with Gasteiger partial charge in [-0.1, -0.05) is 41.6 Å². The van der Waals surface area contributed by atoms with Gasteiger partial charge in [0.05, 0.1) is 18.4 Å². The minimum absolute atomic E-state index is 0.0273. The molecule has 5 nitrogen and oxygen atoms in total. The molecule has 0 aliphatic carbocycles. The van der Waals surface area contributed by atoms with Gasteiger partial charge in [0.25, 0.3) is 5.22 Å². The van der Waals surface area contributed by atoms with Crippen molar-refractivity contribution in [1.29, 1.82) is 0 Å². The number of aromatic nitrogens is 1. The average molecular weight is 375 g/mol. The van der Waals surface area contributed by atoms with Crippen molar-refractivity contribution in [2.24, 2.45) is 0 Å². The number of nitrogens with zero attached hydrogens (tertiary/aromatic N) is 1. The molecule has 25 heavy (non-hydrogen) atoms. The second kappa shape index (κ2) is 6.98. The number of carbonyl (C=O) groups is 1. The Morgan fingerprint density at radius 1 is 1.32 bits per heavy atom. The van der Waals surface area contributed by atoms with E-state index in [1.807, 2.05) is 24.3 Å². The maximum Gasteiger partial charge on any atom is 0.257 e. The molecule has 0 saturated carbocycles. The predicted octanol–water partition coefficient (Wildman–Crippen LogP) is 4.21. The molecule has 1 aliphatic heterocycles. The third-order valence-corrected chi connectivity index (χ3v) is 5.01. The molecule has 3 aromatic rings. The van der Waals surface area contributed by atoms with Crippen molar-refractivity contribution < 1.29 is 13.9 Å². The first kappa shape index (κ1) is 16.3. The van der Waals surface area contributed by atoms with E-state index in [0.29, 0.717) is 28.0 Å². The van der Waals surface area contributed by atoms with E-state index in [4.69, 9.17) is 20.8 Å². The molecule has 1 amide bonds. The third kappa shape index (κ3) is 3.60. The van der Waals surface area contributed by atoms with Crippen molar-refractivity contribution in [3.63, 3.8) is 0 Å². The van der Waals surface area contributed by atoms with E-state index in [9.17, 15) is 4.79 Å². The van der Waals surface area contributed by atoms with Crippen LogP contribution in [0.3, 0.4) is 0 Å². The Bertz CT molecular complexity index is 928. The zero-order chi connectivity index (χ0) is 17.2. The summed E-state index contributed by atoms with van der Waals surface area (Å²) in [4.78, 5) is 16.6. The lowest BCUT2D eigenvalue weighted by molar-refractivity contribution is -0.119. The number of amides is 1. The van der Waals surface area contributed by atoms with Crippen LogP contribution in [0.1, 0.15) is 18.0 Å². The first-order valence-electron chi connectivity index (χ1n) is 7.89. The fourth-order valence-electron chi connectivity index (χ4n) is 2.80. The summed E-state index contributed by atoms with van der Waals surface area (Å²) in [6, 6.07) is 13.0. The van der Waals surface area contributed by atoms with Crippen molar-refractivity contribution >= 4 is 40.4 Å². The van der Waals surface area contributed by atoms with Crippen LogP contribution >= 0.6 is 23.4 Å². The molecule has 0 spiro atoms. The lowest BCUT2D eigenvalue weighted by Crippen LogP contribution is -2.33. The maximum atomic E-state index is 12.3. The standard InChI is InChI=1S/C18H15ClN2O3S/c19-11-5-6-16-14(9-11)21-18(24-16)25-10-17(22)20-13-7-8-23-15-4-2-1-3-12(13)15/h1-6,9,13H,7-8,10H2,(H,20,22). The molecular weight excluding hydrogens is 360 g/mol. The van der Waals surface area contributed by atoms with E-state index in [0.717, 1.165) is 17.7 Å². The van der Waals surface area contributed by atoms with E-state index in [1.165, 1.54) is 11.8 Å². The highest BCUT2D eigenvalue weighted by Gasteiger charge is 2.22. The van der Waals surface area contributed by atoms with Gasteiger partial charge in [-0.15, -0.1) is 0 Å². The number of carbonyl (C=O) groups excluding carboxylic acids is 1. The second-order valence-electron chi connectivity index (χ2n) is 5.68. The first-order valence-corrected chi connectivity index (χ1v) is 9.25. The van der Waals surface area contributed by atoms with Crippen LogP contribution in [-0.2, 0) is 4.79 Å². The van der Waals surface area contributed by atoms with Crippen molar-refractivity contribution in [2.45, 2.75) is 17.7 Å². The van der Waals surface area contributed by atoms with E-state index >= 15 is 0 Å². The van der Waals surface area contributed by atoms with Crippen LogP contribution < -0.4 is 10.1 Å². The minimum atomic E-state index is -0.0630. The molecule has 4 rings (SSSR count). The summed E-state index contributed by atoms with van der Waals surface area (Å²) < 4.78 is 11.2. The molecule has 1 N–H and O–H groups in total. The summed E-state index contributed by atoms with van der Waals surface area (Å²) >= 11 is 7.21. The number of halogens is 1. The molecular formula is C18H15ClN2O3S. The monoisotopic (exact) mass is 374 g/mol. The van der Waals surface area contributed by atoms with Gasteiger partial charge in [-0.05, 0) is 24.3 Å². The number of rotatable bonds is 4. The molecule has 0 fully saturated rings. The number of benzene rings is 2. The van der Waals surface area contributed by atoms with Gasteiger partial charge in [-0.25, -0.2) is 4.98 Å². The number of oxazole rings is 1. The number of thioether (sulfide) groups is 1. The van der Waals surface area contributed by atoms with Crippen molar-refractivity contribution in [3.8, 4) is 5.75 Å². The van der Waals surface area contributed by atoms with Gasteiger partial charge < -0.3 is 14.5 Å². The van der Waals surface area contributed by atoms with E-state index < -0.39 is 0 Å². The Kier molecular flexibility index (Phi) is 4.55. The molecule has 0 bridgehead atoms. The zero-order valence-electron chi connectivity index (χ0n) is 13.2. The van der Waals surface area contributed by atoms with Crippen LogP contribution in [-0.4, -0.2) is 23.3 Å². The molecule has 2 aromatic carbocycles. The summed E-state index contributed by atoms with van der Waals surface area (Å²) in [5, 5.41) is 4.12. The number of ether oxygens (including phenoxy) is 1. The Hall–Kier alpha value is -2.18. The van der Waals surface area contributed by atoms with Crippen LogP contribution in [0.4, 0.5) is 0 Å². The van der Waals surface area contributed by atoms with Gasteiger partial charge >= 0.3 is 0 Å². The van der Waals surface area contributed by atoms with Crippen LogP contribution in [0.5, 0.6) is 5.75 Å². The highest BCUT2D eigenvalue weighted by Crippen LogP contribution is 2.32. The Morgan fingerprint density at radius 2 is 2.20 bits per heavy atom. The first-order chi connectivity index (χ1) is 12.2. The smallest absolute Gasteiger partial charge is 0.257 e. The summed E-state index contributed by atoms with van der Waals surface area (Å²) in [5.74, 6) is 1.01. The van der Waals surface area contributed by atoms with Crippen molar-refractivity contribution in [1.82, 2.24) is 10.3 Å². The molecule has 1 unspecified atom stereocenters. The summed E-state index contributed by atoms with van der Waals surface area (Å²) in [6.07, 6.45) is 0.759. The molecule has 1 aliphatic rings. The van der Waals surface area contributed by atoms with Gasteiger partial charge in [0.1, 0.15) is 11.3 Å². The van der Waals surface area contributed by atoms with Gasteiger partial charge in [0, 0.05) is 17.0 Å². The quantitative estimate of drug-likeness (QED) is 0.693. The summed E-state index contributed by atoms with van der Waals surface area (Å²) in [6.45, 7) is 0.598. The number of fused-ring (bicyclic) bond motifs is 2. The number of hydrogen-bond donors (Lipinski definition) is 1. The number of nitrogens with one attached hydrogen (secondary N) is 1. The van der Waals surface area contributed by atoms with E-state index in [-0.39, 0.29) is 17.7 Å². The van der Waals surface area contributed by atoms with Crippen LogP contribution in [0.2, 0.25) is 5.02 Å². The molecule has 1 aromatic heterocycles. The largest absolute Gasteiger partial charge is 0.493 e. The normalized spacial score (nSPS) is 16.3. The molecule has 7 heteroatoms. The predicted molar refractivity (Wildman–Crippen MR) is 97.2 cm³/mol. The second-order valence-corrected chi connectivity index (χ2v) is 7.04. The Morgan fingerprint density at radius 3 is 3.12 bits per heavy atom. The minimum Gasteiger partial charge on any atom is -0.493 e. The van der Waals surface area contributed by atoms with Gasteiger partial charge in [-0.3, -0.25) is 4.79 Å². The molecule has 128 valence electrons. The number of hydrogen-bond acceptors (Lipinski definition) is 5. The SMILES string of the molecule is O=C(CSc1nc2cc(Cl)ccc2o1)NC1CCOc2ccccc21. The van der Waals surface area contributed by atoms with E-state index in [1.54, 1.807) is 18.2 Å². The van der Waals surface area contributed by atoms with Crippen molar-refractivity contribution in [3.05, 3.63) is 53.1 Å². The average Bonchev–Trinajstić information content (AvgIpc) is 3.02. The maximum absolute atomic E-state index is 12.3. The molecule has 1 atom stereocenters. The van der Waals surface area contributed by atoms with Gasteiger partial charge in [-0.2, -0.15) is 0 Å². The molecule has 0 saturated heterocycles. The fourth-order valence-corrected chi connectivity index (χ4v) is 3.61. The van der Waals surface area contributed by atoms with Gasteiger partial charge in [0.15, 0.2) is 5.58 Å². The van der Waals surface area contributed by atoms with Gasteiger partial charge in [0.2, 0.25) is 5.91 Å². The highest BCUT2D eigenvalue weighted by molar-refractivity contribution is 7.99. The van der Waals surface area contributed by atoms with E-state index in [2.05, 4.69) is 10.3 Å². The van der Waals surface area contributed by atoms with Crippen molar-refractivity contribution in [2.75, 3.05) is 12.4 Å². The van der Waals surface area contributed by atoms with Crippen LogP contribution in [0, 0.1) is 0 Å². The number of para-hydroxylation sites is 1. The third-order valence-electron chi connectivity index (χ3n) is 3.95. The summed E-state index contributed by atoms with van der Waals surface area (Å²) in [5.41, 5.74) is 2.36. The van der Waals surface area contributed by atoms with Crippen LogP contribution in [0.25, 0.3) is 11.1 Å². The lowest BCUT2D eigenvalue weighted by atomic mass is 10.0. The summed E-state index contributed by atoms with van der Waals surface area (Å²) in [7, 11) is 0. The molecule has 2 heterocycles. The lowest BCUT2D eigenvalue weighted by Gasteiger charge is -2.26. The zero-order valence-corrected chi connectivity index (χ0v) is 14.8. The Balaban J connectivity index is 1.39. The molecule has 0 radical (unpaired) electrons.